The fourth-order valence-electron chi connectivity index (χ4n) is 5.00. The van der Waals surface area contributed by atoms with Crippen molar-refractivity contribution in [2.75, 3.05) is 33.2 Å². The minimum Gasteiger partial charge on any atom is -0.306 e. The Bertz CT molecular complexity index is 1040. The predicted molar refractivity (Wildman–Crippen MR) is 156 cm³/mol. The highest BCUT2D eigenvalue weighted by atomic mass is 32.1. The Hall–Kier alpha value is -2.27. The third kappa shape index (κ3) is 7.61. The van der Waals surface area contributed by atoms with Gasteiger partial charge in [0.1, 0.15) is 0 Å². The van der Waals surface area contributed by atoms with E-state index in [1.54, 1.807) is 11.3 Å². The molecular weight excluding hydrogens is 460 g/mol. The summed E-state index contributed by atoms with van der Waals surface area (Å²) in [6, 6.07) is 21.9. The topological polar surface area (TPSA) is 23.6 Å². The predicted octanol–water partition coefficient (Wildman–Crippen LogP) is 7.83. The molecule has 36 heavy (non-hydrogen) atoms. The van der Waals surface area contributed by atoms with Crippen molar-refractivity contribution >= 4 is 17.6 Å². The van der Waals surface area contributed by atoms with Crippen LogP contribution >= 0.6 is 11.3 Å². The molecule has 2 aliphatic heterocycles. The van der Waals surface area contributed by atoms with Gasteiger partial charge in [-0.25, -0.2) is 0 Å². The van der Waals surface area contributed by atoms with Gasteiger partial charge in [-0.3, -0.25) is 9.69 Å². The molecule has 0 saturated carbocycles. The lowest BCUT2D eigenvalue weighted by Gasteiger charge is -2.40. The standard InChI is InChI=1S/C25H27NOS.C5H11N.C2H6/c1-19-16-23(28-24(19)18-27)21-8-10-22(11-9-21)25(2)12-14-26(15-13-25)17-20-6-4-3-5-7-20;1-6-4-2-3-5-6;1-2/h3-11,16,18H,12-15,17H2,1-2H3;2-5H2,1H3;1-2H3. The van der Waals surface area contributed by atoms with Crippen LogP contribution in [0.2, 0.25) is 0 Å². The molecule has 2 fully saturated rings. The molecule has 0 amide bonds. The molecule has 0 aliphatic carbocycles. The van der Waals surface area contributed by atoms with Crippen molar-refractivity contribution in [3.63, 3.8) is 0 Å². The van der Waals surface area contributed by atoms with Crippen molar-refractivity contribution in [2.45, 2.75) is 65.3 Å². The maximum absolute atomic E-state index is 11.1. The molecule has 0 atom stereocenters. The zero-order valence-corrected chi connectivity index (χ0v) is 23.7. The summed E-state index contributed by atoms with van der Waals surface area (Å²) in [6.45, 7) is 14.4. The molecule has 0 N–H and O–H groups in total. The van der Waals surface area contributed by atoms with E-state index in [1.807, 2.05) is 20.8 Å². The molecule has 2 saturated heterocycles. The lowest BCUT2D eigenvalue weighted by molar-refractivity contribution is 0.112. The number of carbonyl (C=O) groups is 1. The molecule has 194 valence electrons. The van der Waals surface area contributed by atoms with Crippen molar-refractivity contribution in [1.82, 2.24) is 9.80 Å². The van der Waals surface area contributed by atoms with E-state index >= 15 is 0 Å². The Morgan fingerprint density at radius 2 is 1.53 bits per heavy atom. The highest BCUT2D eigenvalue weighted by molar-refractivity contribution is 7.17. The summed E-state index contributed by atoms with van der Waals surface area (Å²) in [5.74, 6) is 0. The molecule has 3 aromatic rings. The molecule has 1 aromatic heterocycles. The lowest BCUT2D eigenvalue weighted by atomic mass is 9.74. The lowest BCUT2D eigenvalue weighted by Crippen LogP contribution is -2.40. The maximum atomic E-state index is 11.1. The van der Waals surface area contributed by atoms with Crippen LogP contribution in [0.5, 0.6) is 0 Å². The third-order valence-electron chi connectivity index (χ3n) is 7.47. The van der Waals surface area contributed by atoms with E-state index < -0.39 is 0 Å². The van der Waals surface area contributed by atoms with Gasteiger partial charge in [0.2, 0.25) is 0 Å². The normalized spacial score (nSPS) is 17.5. The fraction of sp³-hybridized carbons (Fsp3) is 0.469. The highest BCUT2D eigenvalue weighted by Crippen LogP contribution is 2.37. The maximum Gasteiger partial charge on any atom is 0.160 e. The van der Waals surface area contributed by atoms with Crippen LogP contribution in [0, 0.1) is 6.92 Å². The van der Waals surface area contributed by atoms with Crippen LogP contribution in [0.25, 0.3) is 10.4 Å². The van der Waals surface area contributed by atoms with Gasteiger partial charge in [0.25, 0.3) is 0 Å². The minimum absolute atomic E-state index is 0.241. The zero-order chi connectivity index (χ0) is 26.0. The van der Waals surface area contributed by atoms with Gasteiger partial charge in [-0.1, -0.05) is 75.4 Å². The number of hydrogen-bond donors (Lipinski definition) is 0. The number of rotatable bonds is 5. The van der Waals surface area contributed by atoms with E-state index in [1.165, 1.54) is 60.3 Å². The number of carbonyl (C=O) groups excluding carboxylic acids is 1. The summed E-state index contributed by atoms with van der Waals surface area (Å²) < 4.78 is 0. The van der Waals surface area contributed by atoms with E-state index in [9.17, 15) is 4.79 Å². The van der Waals surface area contributed by atoms with E-state index in [0.717, 1.165) is 36.4 Å². The van der Waals surface area contributed by atoms with Gasteiger partial charge in [-0.15, -0.1) is 11.3 Å². The second-order valence-corrected chi connectivity index (χ2v) is 11.3. The zero-order valence-electron chi connectivity index (χ0n) is 22.9. The summed E-state index contributed by atoms with van der Waals surface area (Å²) in [5.41, 5.74) is 5.34. The summed E-state index contributed by atoms with van der Waals surface area (Å²) in [7, 11) is 2.17. The molecule has 2 aromatic carbocycles. The quantitative estimate of drug-likeness (QED) is 0.331. The smallest absolute Gasteiger partial charge is 0.160 e. The average molecular weight is 505 g/mol. The molecule has 0 spiro atoms. The monoisotopic (exact) mass is 504 g/mol. The highest BCUT2D eigenvalue weighted by Gasteiger charge is 2.31. The van der Waals surface area contributed by atoms with Gasteiger partial charge in [0.15, 0.2) is 6.29 Å². The summed E-state index contributed by atoms with van der Waals surface area (Å²) >= 11 is 1.58. The molecule has 3 heterocycles. The number of likely N-dealkylation sites (tertiary alicyclic amines) is 2. The molecule has 0 radical (unpaired) electrons. The van der Waals surface area contributed by atoms with Crippen LogP contribution in [0.4, 0.5) is 0 Å². The van der Waals surface area contributed by atoms with Crippen molar-refractivity contribution in [2.24, 2.45) is 0 Å². The molecular formula is C32H44N2OS. The van der Waals surface area contributed by atoms with E-state index in [0.29, 0.717) is 0 Å². The number of piperidine rings is 1. The number of thiophene rings is 1. The van der Waals surface area contributed by atoms with Crippen molar-refractivity contribution in [3.8, 4) is 10.4 Å². The number of aldehydes is 1. The third-order valence-corrected chi connectivity index (χ3v) is 8.68. The van der Waals surface area contributed by atoms with Gasteiger partial charge < -0.3 is 4.90 Å². The molecule has 2 aliphatic rings. The molecule has 3 nitrogen and oxygen atoms in total. The first kappa shape index (κ1) is 28.3. The largest absolute Gasteiger partial charge is 0.306 e. The van der Waals surface area contributed by atoms with Gasteiger partial charge in [-0.05, 0) is 99.6 Å². The Balaban J connectivity index is 0.000000390. The fourth-order valence-corrected chi connectivity index (χ4v) is 6.00. The van der Waals surface area contributed by atoms with E-state index in [4.69, 9.17) is 0 Å². The Kier molecular flexibility index (Phi) is 10.9. The molecule has 5 rings (SSSR count). The summed E-state index contributed by atoms with van der Waals surface area (Å²) in [5, 5.41) is 0. The van der Waals surface area contributed by atoms with Crippen LogP contribution < -0.4 is 0 Å². The van der Waals surface area contributed by atoms with Crippen molar-refractivity contribution in [1.29, 1.82) is 0 Å². The summed E-state index contributed by atoms with van der Waals surface area (Å²) in [6.07, 6.45) is 6.16. The van der Waals surface area contributed by atoms with Crippen molar-refractivity contribution in [3.05, 3.63) is 82.2 Å². The second-order valence-electron chi connectivity index (χ2n) is 10.2. The first-order valence-electron chi connectivity index (χ1n) is 13.6. The Labute approximate surface area is 223 Å². The molecule has 0 bridgehead atoms. The van der Waals surface area contributed by atoms with E-state index in [-0.39, 0.29) is 5.41 Å². The van der Waals surface area contributed by atoms with Gasteiger partial charge in [-0.2, -0.15) is 0 Å². The first-order valence-corrected chi connectivity index (χ1v) is 14.4. The first-order chi connectivity index (χ1) is 17.5. The molecule has 0 unspecified atom stereocenters. The Morgan fingerprint density at radius 3 is 2.03 bits per heavy atom. The number of nitrogens with zero attached hydrogens (tertiary/aromatic N) is 2. The molecule has 4 heteroatoms. The van der Waals surface area contributed by atoms with Crippen LogP contribution in [0.3, 0.4) is 0 Å². The van der Waals surface area contributed by atoms with Crippen LogP contribution in [-0.4, -0.2) is 49.3 Å². The van der Waals surface area contributed by atoms with E-state index in [2.05, 4.69) is 84.4 Å². The minimum atomic E-state index is 0.241. The second kappa shape index (κ2) is 13.9. The van der Waals surface area contributed by atoms with Gasteiger partial charge >= 0.3 is 0 Å². The van der Waals surface area contributed by atoms with Crippen LogP contribution in [-0.2, 0) is 12.0 Å². The number of benzene rings is 2. The van der Waals surface area contributed by atoms with Gasteiger partial charge in [0, 0.05) is 11.4 Å². The number of hydrogen-bond acceptors (Lipinski definition) is 4. The number of aryl methyl sites for hydroxylation is 1. The van der Waals surface area contributed by atoms with Crippen molar-refractivity contribution < 1.29 is 4.79 Å². The van der Waals surface area contributed by atoms with Crippen LogP contribution in [0.1, 0.15) is 72.8 Å². The van der Waals surface area contributed by atoms with Crippen LogP contribution in [0.15, 0.2) is 60.7 Å². The average Bonchev–Trinajstić information content (AvgIpc) is 3.56. The van der Waals surface area contributed by atoms with Gasteiger partial charge in [0.05, 0.1) is 4.88 Å². The SMILES string of the molecule is CC.CN1CCCC1.Cc1cc(-c2ccc(C3(C)CCN(Cc4ccccc4)CC3)cc2)sc1C=O. The summed E-state index contributed by atoms with van der Waals surface area (Å²) in [4.78, 5) is 18.1. The Morgan fingerprint density at radius 1 is 0.917 bits per heavy atom.